The Kier molecular flexibility index (Phi) is 15.5. The number of hydrogen-bond acceptors (Lipinski definition) is 12. The molecule has 0 saturated carbocycles. The minimum absolute atomic E-state index is 0.160. The number of aromatic nitrogens is 8. The number of para-hydroxylation sites is 1. The van der Waals surface area contributed by atoms with Crippen LogP contribution in [-0.2, 0) is 22.9 Å². The van der Waals surface area contributed by atoms with E-state index in [-0.39, 0.29) is 31.8 Å². The topological polar surface area (TPSA) is 206 Å². The van der Waals surface area contributed by atoms with Crippen LogP contribution in [0.3, 0.4) is 0 Å². The van der Waals surface area contributed by atoms with Crippen molar-refractivity contribution in [2.24, 2.45) is 0 Å². The summed E-state index contributed by atoms with van der Waals surface area (Å²) in [5.41, 5.74) is 2.09. The minimum Gasteiger partial charge on any atom is -0.479 e. The molecule has 0 saturated heterocycles. The number of amides is 2. The first-order valence-electron chi connectivity index (χ1n) is 20.5. The van der Waals surface area contributed by atoms with Gasteiger partial charge in [-0.2, -0.15) is 0 Å². The van der Waals surface area contributed by atoms with E-state index < -0.39 is 27.2 Å². The highest BCUT2D eigenvalue weighted by Crippen LogP contribution is 2.28. The van der Waals surface area contributed by atoms with Crippen molar-refractivity contribution in [1.29, 1.82) is 0 Å². The SMILES string of the molecule is CC(C)(CO)NC(=O)c1cn(COCC[Si](C)(C)C)c2ncc(Br)nc12.COc1nn(-c2cnc3c(n2)c(C(=O)NC(C)(C)CO)cn3COCC[Si](C)(C)C)c2ccccc12. The Morgan fingerprint density at radius 2 is 1.24 bits per heavy atom. The normalized spacial score (nSPS) is 12.5. The number of benzene rings is 1. The molecule has 336 valence electrons. The van der Waals surface area contributed by atoms with Crippen LogP contribution in [0.1, 0.15) is 48.4 Å². The molecule has 0 spiro atoms. The van der Waals surface area contributed by atoms with Crippen molar-refractivity contribution in [3.8, 4) is 11.7 Å². The quantitative estimate of drug-likeness (QED) is 0.0532. The molecule has 0 bridgehead atoms. The van der Waals surface area contributed by atoms with Crippen molar-refractivity contribution in [1.82, 2.24) is 49.5 Å². The van der Waals surface area contributed by atoms with Gasteiger partial charge < -0.3 is 44.2 Å². The third-order valence-corrected chi connectivity index (χ3v) is 13.5. The number of halogens is 1. The maximum atomic E-state index is 13.2. The molecular weight excluding hydrogens is 893 g/mol. The standard InChI is InChI=1S/C25H34N6O4Si.C17H27BrN4O3Si/c1-25(2,15-32)28-23(33)18-14-30(16-35-11-12-36(4,5)6)22-21(18)27-20(13-26-22)31-19-10-8-7-9-17(19)24(29-31)34-3;1-17(2,10-23)21-16(24)12-9-22(11-25-6-7-26(3,4)5)15-14(12)20-13(18)8-19-15/h7-10,13-14,32H,11-12,15-16H2,1-6H3,(H,28,33);8-9,23H,6-7,10-11H2,1-5H3,(H,21,24). The molecule has 0 unspecified atom stereocenters. The molecule has 1 aromatic carbocycles. The summed E-state index contributed by atoms with van der Waals surface area (Å²) in [6.45, 7) is 22.3. The van der Waals surface area contributed by atoms with Gasteiger partial charge >= 0.3 is 0 Å². The van der Waals surface area contributed by atoms with E-state index in [9.17, 15) is 19.8 Å². The van der Waals surface area contributed by atoms with Crippen LogP contribution in [0.5, 0.6) is 5.88 Å². The van der Waals surface area contributed by atoms with E-state index in [1.54, 1.807) is 73.4 Å². The van der Waals surface area contributed by atoms with Crippen LogP contribution in [-0.4, -0.2) is 122 Å². The molecular formula is C42H61BrN10O7Si2. The van der Waals surface area contributed by atoms with Gasteiger partial charge in [-0.15, -0.1) is 5.10 Å². The summed E-state index contributed by atoms with van der Waals surface area (Å²) < 4.78 is 23.0. The number of rotatable bonds is 18. The van der Waals surface area contributed by atoms with Crippen molar-refractivity contribution < 1.29 is 34.0 Å². The van der Waals surface area contributed by atoms with E-state index in [4.69, 9.17) is 19.2 Å². The largest absolute Gasteiger partial charge is 0.479 e. The first-order valence-corrected chi connectivity index (χ1v) is 28.7. The van der Waals surface area contributed by atoms with Gasteiger partial charge in [0.2, 0.25) is 5.88 Å². The molecule has 0 aliphatic heterocycles. The van der Waals surface area contributed by atoms with E-state index >= 15 is 0 Å². The number of fused-ring (bicyclic) bond motifs is 3. The Bertz CT molecular complexity index is 2510. The van der Waals surface area contributed by atoms with Crippen LogP contribution in [0, 0.1) is 0 Å². The third kappa shape index (κ3) is 12.5. The van der Waals surface area contributed by atoms with Crippen LogP contribution in [0.15, 0.2) is 53.7 Å². The summed E-state index contributed by atoms with van der Waals surface area (Å²) in [4.78, 5) is 44.1. The zero-order valence-electron chi connectivity index (χ0n) is 37.7. The average molecular weight is 954 g/mol. The number of nitrogens with zero attached hydrogens (tertiary/aromatic N) is 8. The van der Waals surface area contributed by atoms with Gasteiger partial charge in [0.05, 0.1) is 65.8 Å². The van der Waals surface area contributed by atoms with Gasteiger partial charge in [-0.1, -0.05) is 51.4 Å². The summed E-state index contributed by atoms with van der Waals surface area (Å²) in [6, 6.07) is 9.78. The smallest absolute Gasteiger partial charge is 0.255 e. The highest BCUT2D eigenvalue weighted by atomic mass is 79.9. The van der Waals surface area contributed by atoms with E-state index in [2.05, 4.69) is 85.9 Å². The summed E-state index contributed by atoms with van der Waals surface area (Å²) >= 11 is 3.30. The number of aliphatic hydroxyl groups is 2. The van der Waals surface area contributed by atoms with Gasteiger partial charge in [0.1, 0.15) is 29.1 Å². The van der Waals surface area contributed by atoms with Gasteiger partial charge in [0.15, 0.2) is 17.1 Å². The molecule has 2 amide bonds. The third-order valence-electron chi connectivity index (χ3n) is 9.69. The summed E-state index contributed by atoms with van der Waals surface area (Å²) in [6.07, 6.45) is 6.63. The van der Waals surface area contributed by atoms with Crippen LogP contribution >= 0.6 is 15.9 Å². The molecule has 5 aromatic heterocycles. The predicted molar refractivity (Wildman–Crippen MR) is 249 cm³/mol. The number of nitrogens with one attached hydrogen (secondary N) is 2. The lowest BCUT2D eigenvalue weighted by Crippen LogP contribution is -2.46. The van der Waals surface area contributed by atoms with Crippen molar-refractivity contribution in [2.75, 3.05) is 33.5 Å². The van der Waals surface area contributed by atoms with E-state index in [1.807, 2.05) is 24.3 Å². The zero-order valence-corrected chi connectivity index (χ0v) is 41.3. The van der Waals surface area contributed by atoms with Crippen LogP contribution in [0.4, 0.5) is 0 Å². The molecule has 20 heteroatoms. The number of hydrogen-bond donors (Lipinski definition) is 4. The highest BCUT2D eigenvalue weighted by Gasteiger charge is 2.27. The second-order valence-corrected chi connectivity index (χ2v) is 31.0. The predicted octanol–water partition coefficient (Wildman–Crippen LogP) is 6.60. The summed E-state index contributed by atoms with van der Waals surface area (Å²) in [5, 5.41) is 30.1. The molecule has 6 aromatic rings. The number of aliphatic hydroxyl groups excluding tert-OH is 2. The fraction of sp³-hybridized carbons (Fsp3) is 0.500. The minimum atomic E-state index is -1.23. The second kappa shape index (κ2) is 19.9. The Labute approximate surface area is 372 Å². The number of carbonyl (C=O) groups is 2. The molecule has 0 atom stereocenters. The fourth-order valence-corrected chi connectivity index (χ4v) is 7.77. The van der Waals surface area contributed by atoms with Crippen LogP contribution in [0.2, 0.25) is 51.4 Å². The summed E-state index contributed by atoms with van der Waals surface area (Å²) in [7, 11) is -0.817. The Hall–Kier alpha value is -4.58. The average Bonchev–Trinajstić information content (AvgIpc) is 3.88. The number of methoxy groups -OCH3 is 1. The van der Waals surface area contributed by atoms with E-state index in [0.29, 0.717) is 69.7 Å². The lowest BCUT2D eigenvalue weighted by molar-refractivity contribution is 0.0850. The Morgan fingerprint density at radius 1 is 0.758 bits per heavy atom. The molecule has 5 heterocycles. The van der Waals surface area contributed by atoms with Crippen molar-refractivity contribution in [3.63, 3.8) is 0 Å². The van der Waals surface area contributed by atoms with Crippen molar-refractivity contribution in [3.05, 3.63) is 64.8 Å². The number of carbonyl (C=O) groups excluding carboxylic acids is 2. The first-order chi connectivity index (χ1) is 29.0. The van der Waals surface area contributed by atoms with Gasteiger partial charge in [-0.25, -0.2) is 24.6 Å². The van der Waals surface area contributed by atoms with Crippen molar-refractivity contribution in [2.45, 2.75) is 104 Å². The molecule has 0 fully saturated rings. The number of ether oxygens (including phenoxy) is 3. The maximum absolute atomic E-state index is 13.2. The van der Waals surface area contributed by atoms with Gasteiger partial charge in [-0.3, -0.25) is 9.59 Å². The van der Waals surface area contributed by atoms with Crippen LogP contribution in [0.25, 0.3) is 39.0 Å². The van der Waals surface area contributed by atoms with Crippen molar-refractivity contribution >= 4 is 77.1 Å². The van der Waals surface area contributed by atoms with Gasteiger partial charge in [0.25, 0.3) is 11.8 Å². The summed E-state index contributed by atoms with van der Waals surface area (Å²) in [5.74, 6) is 0.273. The molecule has 62 heavy (non-hydrogen) atoms. The molecule has 17 nitrogen and oxygen atoms in total. The lowest BCUT2D eigenvalue weighted by Gasteiger charge is -2.23. The Balaban J connectivity index is 0.000000247. The highest BCUT2D eigenvalue weighted by molar-refractivity contribution is 9.10. The van der Waals surface area contributed by atoms with E-state index in [0.717, 1.165) is 23.0 Å². The molecule has 4 N–H and O–H groups in total. The maximum Gasteiger partial charge on any atom is 0.255 e. The van der Waals surface area contributed by atoms with Gasteiger partial charge in [-0.05, 0) is 67.8 Å². The van der Waals surface area contributed by atoms with Crippen LogP contribution < -0.4 is 15.4 Å². The van der Waals surface area contributed by atoms with Gasteiger partial charge in [0, 0.05) is 41.8 Å². The zero-order chi connectivity index (χ0) is 45.6. The molecule has 0 aliphatic rings. The fourth-order valence-electron chi connectivity index (χ4n) is 5.98. The lowest BCUT2D eigenvalue weighted by atomic mass is 10.1. The van der Waals surface area contributed by atoms with E-state index in [1.165, 1.54) is 0 Å². The Morgan fingerprint density at radius 3 is 1.73 bits per heavy atom. The monoisotopic (exact) mass is 952 g/mol. The molecule has 0 radical (unpaired) electrons. The molecule has 6 rings (SSSR count). The first kappa shape index (κ1) is 48.5. The second-order valence-electron chi connectivity index (χ2n) is 18.9. The molecule has 0 aliphatic carbocycles.